The Morgan fingerprint density at radius 1 is 1.27 bits per heavy atom. The molecule has 8 nitrogen and oxygen atoms in total. The van der Waals surface area contributed by atoms with Gasteiger partial charge in [0.15, 0.2) is 5.82 Å². The van der Waals surface area contributed by atoms with Crippen LogP contribution in [0.1, 0.15) is 22.7 Å². The van der Waals surface area contributed by atoms with Gasteiger partial charge in [-0.1, -0.05) is 11.3 Å². The monoisotopic (exact) mass is 368 g/mol. The number of fused-ring (bicyclic) bond motifs is 1. The van der Waals surface area contributed by atoms with Gasteiger partial charge in [0.2, 0.25) is 5.13 Å². The fourth-order valence-electron chi connectivity index (χ4n) is 2.94. The van der Waals surface area contributed by atoms with Crippen LogP contribution in [-0.4, -0.2) is 38.2 Å². The maximum Gasteiger partial charge on any atom is 0.203 e. The third kappa shape index (κ3) is 3.78. The van der Waals surface area contributed by atoms with Crippen molar-refractivity contribution in [1.29, 1.82) is 0 Å². The smallest absolute Gasteiger partial charge is 0.203 e. The van der Waals surface area contributed by atoms with E-state index >= 15 is 0 Å². The van der Waals surface area contributed by atoms with E-state index in [1.165, 1.54) is 16.9 Å². The minimum atomic E-state index is 0.520. The molecule has 4 heterocycles. The minimum Gasteiger partial charge on any atom is -0.374 e. The summed E-state index contributed by atoms with van der Waals surface area (Å²) in [4.78, 5) is 13.7. The maximum atomic E-state index is 5.62. The Labute approximate surface area is 155 Å². The first-order valence-electron chi connectivity index (χ1n) is 8.62. The van der Waals surface area contributed by atoms with Crippen LogP contribution in [0.2, 0.25) is 0 Å². The van der Waals surface area contributed by atoms with Crippen molar-refractivity contribution in [2.45, 2.75) is 25.8 Å². The van der Waals surface area contributed by atoms with Gasteiger partial charge in [0.05, 0.1) is 5.69 Å². The third-order valence-corrected chi connectivity index (χ3v) is 5.01. The third-order valence-electron chi connectivity index (χ3n) is 4.20. The van der Waals surface area contributed by atoms with Gasteiger partial charge in [-0.05, 0) is 31.5 Å². The van der Waals surface area contributed by atoms with Crippen molar-refractivity contribution < 1.29 is 0 Å². The molecule has 3 aromatic heterocycles. The Balaban J connectivity index is 1.50. The maximum absolute atomic E-state index is 5.62. The predicted molar refractivity (Wildman–Crippen MR) is 102 cm³/mol. The highest BCUT2D eigenvalue weighted by Crippen LogP contribution is 2.24. The number of nitrogens with two attached hydrogens (primary N) is 1. The molecule has 4 N–H and O–H groups in total. The zero-order valence-electron chi connectivity index (χ0n) is 14.3. The van der Waals surface area contributed by atoms with Crippen molar-refractivity contribution in [1.82, 2.24) is 30.5 Å². The summed E-state index contributed by atoms with van der Waals surface area (Å²) in [7, 11) is 0. The van der Waals surface area contributed by atoms with E-state index in [2.05, 4.69) is 25.8 Å². The van der Waals surface area contributed by atoms with Gasteiger partial charge in [0.25, 0.3) is 0 Å². The van der Waals surface area contributed by atoms with Crippen molar-refractivity contribution in [2.75, 3.05) is 24.1 Å². The number of nitrogens with one attached hydrogen (secondary N) is 2. The molecule has 0 unspecified atom stereocenters. The minimum absolute atomic E-state index is 0.520. The van der Waals surface area contributed by atoms with Gasteiger partial charge in [0, 0.05) is 43.0 Å². The van der Waals surface area contributed by atoms with E-state index < -0.39 is 0 Å². The molecule has 134 valence electrons. The van der Waals surface area contributed by atoms with Crippen LogP contribution in [0.4, 0.5) is 10.9 Å². The molecule has 1 aliphatic heterocycles. The van der Waals surface area contributed by atoms with Gasteiger partial charge in [-0.3, -0.25) is 4.98 Å². The standard InChI is InChI=1S/C17H20N8S/c18-17-25-24-14(26-17)4-2-7-21-16-12-5-8-20-10-13(12)22-15(23-16)11-3-1-6-19-9-11/h1,3,6,9,20H,2,4-5,7-8,10H2,(H2,18,25)(H,21,22,23). The van der Waals surface area contributed by atoms with Gasteiger partial charge >= 0.3 is 0 Å². The lowest BCUT2D eigenvalue weighted by Gasteiger charge is -2.20. The second kappa shape index (κ2) is 7.71. The van der Waals surface area contributed by atoms with E-state index in [0.29, 0.717) is 11.0 Å². The lowest BCUT2D eigenvalue weighted by molar-refractivity contribution is 0.624. The quantitative estimate of drug-likeness (QED) is 0.563. The zero-order valence-corrected chi connectivity index (χ0v) is 15.1. The summed E-state index contributed by atoms with van der Waals surface area (Å²) in [5.74, 6) is 1.63. The van der Waals surface area contributed by atoms with Crippen molar-refractivity contribution in [2.24, 2.45) is 0 Å². The highest BCUT2D eigenvalue weighted by atomic mass is 32.1. The summed E-state index contributed by atoms with van der Waals surface area (Å²) in [5, 5.41) is 16.3. The van der Waals surface area contributed by atoms with Crippen LogP contribution in [0, 0.1) is 0 Å². The molecule has 0 fully saturated rings. The van der Waals surface area contributed by atoms with E-state index in [0.717, 1.165) is 61.0 Å². The number of aromatic nitrogens is 5. The van der Waals surface area contributed by atoms with Crippen LogP contribution < -0.4 is 16.4 Å². The average Bonchev–Trinajstić information content (AvgIpc) is 3.11. The fourth-order valence-corrected chi connectivity index (χ4v) is 3.59. The van der Waals surface area contributed by atoms with E-state index in [9.17, 15) is 0 Å². The Morgan fingerprint density at radius 2 is 2.23 bits per heavy atom. The number of hydrogen-bond acceptors (Lipinski definition) is 9. The van der Waals surface area contributed by atoms with Gasteiger partial charge in [-0.25, -0.2) is 9.97 Å². The second-order valence-corrected chi connectivity index (χ2v) is 7.15. The number of anilines is 2. The molecule has 0 aliphatic carbocycles. The summed E-state index contributed by atoms with van der Waals surface area (Å²) < 4.78 is 0. The number of nitrogens with zero attached hydrogens (tertiary/aromatic N) is 5. The van der Waals surface area contributed by atoms with Crippen molar-refractivity contribution in [3.8, 4) is 11.4 Å². The van der Waals surface area contributed by atoms with Crippen LogP contribution in [0.25, 0.3) is 11.4 Å². The van der Waals surface area contributed by atoms with E-state index in [-0.39, 0.29) is 0 Å². The SMILES string of the molecule is Nc1nnc(CCCNc2nc(-c3cccnc3)nc3c2CCNC3)s1. The predicted octanol–water partition coefficient (Wildman–Crippen LogP) is 1.66. The van der Waals surface area contributed by atoms with Crippen molar-refractivity contribution in [3.05, 3.63) is 40.8 Å². The fraction of sp³-hybridized carbons (Fsp3) is 0.353. The highest BCUT2D eigenvalue weighted by molar-refractivity contribution is 7.15. The Morgan fingerprint density at radius 3 is 3.04 bits per heavy atom. The number of pyridine rings is 1. The number of rotatable bonds is 6. The van der Waals surface area contributed by atoms with Gasteiger partial charge < -0.3 is 16.4 Å². The van der Waals surface area contributed by atoms with Gasteiger partial charge in [-0.2, -0.15) is 0 Å². The lowest BCUT2D eigenvalue weighted by atomic mass is 10.1. The number of aryl methyl sites for hydroxylation is 1. The second-order valence-electron chi connectivity index (χ2n) is 6.05. The van der Waals surface area contributed by atoms with Crippen LogP contribution in [0.3, 0.4) is 0 Å². The first kappa shape index (κ1) is 16.8. The lowest BCUT2D eigenvalue weighted by Crippen LogP contribution is -2.26. The number of nitrogen functional groups attached to an aromatic ring is 1. The molecule has 4 rings (SSSR count). The molecule has 0 aromatic carbocycles. The van der Waals surface area contributed by atoms with Crippen molar-refractivity contribution >= 4 is 22.3 Å². The molecule has 3 aromatic rings. The molecule has 26 heavy (non-hydrogen) atoms. The van der Waals surface area contributed by atoms with E-state index in [4.69, 9.17) is 15.7 Å². The molecule has 0 amide bonds. The first-order chi connectivity index (χ1) is 12.8. The van der Waals surface area contributed by atoms with E-state index in [1.807, 2.05) is 12.1 Å². The Kier molecular flexibility index (Phi) is 4.98. The highest BCUT2D eigenvalue weighted by Gasteiger charge is 2.18. The summed E-state index contributed by atoms with van der Waals surface area (Å²) in [6.07, 6.45) is 6.27. The molecule has 1 aliphatic rings. The van der Waals surface area contributed by atoms with Crippen LogP contribution in [0.5, 0.6) is 0 Å². The van der Waals surface area contributed by atoms with Crippen molar-refractivity contribution in [3.63, 3.8) is 0 Å². The summed E-state index contributed by atoms with van der Waals surface area (Å²) in [6.45, 7) is 2.52. The largest absolute Gasteiger partial charge is 0.374 e. The molecule has 0 saturated heterocycles. The number of hydrogen-bond donors (Lipinski definition) is 3. The van der Waals surface area contributed by atoms with E-state index in [1.54, 1.807) is 12.4 Å². The average molecular weight is 368 g/mol. The molecule has 0 radical (unpaired) electrons. The van der Waals surface area contributed by atoms with Gasteiger partial charge in [0.1, 0.15) is 10.8 Å². The van der Waals surface area contributed by atoms with Crippen LogP contribution >= 0.6 is 11.3 Å². The summed E-state index contributed by atoms with van der Waals surface area (Å²) >= 11 is 1.44. The normalized spacial score (nSPS) is 13.4. The first-order valence-corrected chi connectivity index (χ1v) is 9.44. The molecular weight excluding hydrogens is 348 g/mol. The topological polar surface area (TPSA) is 115 Å². The summed E-state index contributed by atoms with van der Waals surface area (Å²) in [5.41, 5.74) is 8.81. The summed E-state index contributed by atoms with van der Waals surface area (Å²) in [6, 6.07) is 3.88. The molecule has 0 saturated carbocycles. The Bertz CT molecular complexity index is 880. The molecular formula is C17H20N8S. The molecule has 0 spiro atoms. The Hall–Kier alpha value is -2.65. The zero-order chi connectivity index (χ0) is 17.8. The molecule has 0 bridgehead atoms. The molecule has 9 heteroatoms. The molecule has 0 atom stereocenters. The van der Waals surface area contributed by atoms with Gasteiger partial charge in [-0.15, -0.1) is 10.2 Å². The van der Waals surface area contributed by atoms with Crippen LogP contribution in [-0.2, 0) is 19.4 Å². The van der Waals surface area contributed by atoms with Crippen LogP contribution in [0.15, 0.2) is 24.5 Å².